The summed E-state index contributed by atoms with van der Waals surface area (Å²) in [5.74, 6) is -1.85. The SMILES string of the molecule is CNS(=O)(=O)c1ccc(C(=O)NNC(=O)c2nn(-c3ccccc3)cc2O)cc1. The predicted octanol–water partition coefficient (Wildman–Crippen LogP) is 0.561. The molecule has 2 amide bonds. The molecule has 0 fully saturated rings. The van der Waals surface area contributed by atoms with Crippen LogP contribution in [0.3, 0.4) is 0 Å². The quantitative estimate of drug-likeness (QED) is 0.449. The van der Waals surface area contributed by atoms with Gasteiger partial charge in [-0.05, 0) is 43.4 Å². The molecule has 29 heavy (non-hydrogen) atoms. The van der Waals surface area contributed by atoms with Crippen LogP contribution in [-0.4, -0.2) is 42.2 Å². The average molecular weight is 415 g/mol. The summed E-state index contributed by atoms with van der Waals surface area (Å²) in [7, 11) is -2.34. The van der Waals surface area contributed by atoms with Gasteiger partial charge < -0.3 is 5.11 Å². The van der Waals surface area contributed by atoms with E-state index in [4.69, 9.17) is 0 Å². The van der Waals surface area contributed by atoms with Crippen molar-refractivity contribution in [2.75, 3.05) is 7.05 Å². The highest BCUT2D eigenvalue weighted by molar-refractivity contribution is 7.89. The molecule has 0 spiro atoms. The lowest BCUT2D eigenvalue weighted by Gasteiger charge is -2.07. The number of nitrogens with one attached hydrogen (secondary N) is 3. The van der Waals surface area contributed by atoms with Crippen LogP contribution in [0.25, 0.3) is 5.69 Å². The van der Waals surface area contributed by atoms with E-state index in [9.17, 15) is 23.1 Å². The Hall–Kier alpha value is -3.70. The molecular formula is C18H17N5O5S. The maximum absolute atomic E-state index is 12.2. The lowest BCUT2D eigenvalue weighted by molar-refractivity contribution is 0.0842. The minimum absolute atomic E-state index is 0.00282. The van der Waals surface area contributed by atoms with Crippen molar-refractivity contribution in [1.29, 1.82) is 0 Å². The van der Waals surface area contributed by atoms with Crippen LogP contribution in [0.15, 0.2) is 65.7 Å². The number of rotatable bonds is 5. The number of hydrogen-bond acceptors (Lipinski definition) is 6. The standard InChI is InChI=1S/C18H17N5O5S/c1-19-29(27,28)14-9-7-12(8-10-14)17(25)20-21-18(26)16-15(24)11-23(22-16)13-5-3-2-4-6-13/h2-11,19,24H,1H3,(H,20,25)(H,21,26). The first kappa shape index (κ1) is 20.0. The lowest BCUT2D eigenvalue weighted by Crippen LogP contribution is -2.41. The normalized spacial score (nSPS) is 11.1. The number of amides is 2. The van der Waals surface area contributed by atoms with E-state index in [1.54, 1.807) is 24.3 Å². The highest BCUT2D eigenvalue weighted by atomic mass is 32.2. The Kier molecular flexibility index (Phi) is 5.61. The predicted molar refractivity (Wildman–Crippen MR) is 103 cm³/mol. The number of carbonyl (C=O) groups excluding carboxylic acids is 2. The second kappa shape index (κ2) is 8.12. The van der Waals surface area contributed by atoms with E-state index >= 15 is 0 Å². The maximum atomic E-state index is 12.2. The first-order valence-electron chi connectivity index (χ1n) is 8.30. The highest BCUT2D eigenvalue weighted by Crippen LogP contribution is 2.17. The highest BCUT2D eigenvalue weighted by Gasteiger charge is 2.18. The third-order valence-corrected chi connectivity index (χ3v) is 5.35. The van der Waals surface area contributed by atoms with Crippen LogP contribution in [0.1, 0.15) is 20.8 Å². The minimum Gasteiger partial charge on any atom is -0.504 e. The monoisotopic (exact) mass is 415 g/mol. The van der Waals surface area contributed by atoms with Gasteiger partial charge in [0.05, 0.1) is 16.8 Å². The molecule has 2 aromatic carbocycles. The molecule has 1 heterocycles. The molecule has 3 rings (SSSR count). The maximum Gasteiger partial charge on any atom is 0.294 e. The number of benzene rings is 2. The van der Waals surface area contributed by atoms with E-state index in [1.807, 2.05) is 6.07 Å². The van der Waals surface area contributed by atoms with Gasteiger partial charge in [-0.3, -0.25) is 20.4 Å². The number of nitrogens with zero attached hydrogens (tertiary/aromatic N) is 2. The Bertz CT molecular complexity index is 1140. The second-order valence-corrected chi connectivity index (χ2v) is 7.67. The van der Waals surface area contributed by atoms with Gasteiger partial charge in [-0.2, -0.15) is 5.10 Å². The van der Waals surface area contributed by atoms with Crippen molar-refractivity contribution in [2.24, 2.45) is 0 Å². The molecule has 11 heteroatoms. The van der Waals surface area contributed by atoms with E-state index < -0.39 is 21.8 Å². The van der Waals surface area contributed by atoms with Crippen molar-refractivity contribution >= 4 is 21.8 Å². The summed E-state index contributed by atoms with van der Waals surface area (Å²) < 4.78 is 26.9. The topological polar surface area (TPSA) is 142 Å². The summed E-state index contributed by atoms with van der Waals surface area (Å²) in [6, 6.07) is 14.0. The van der Waals surface area contributed by atoms with E-state index in [-0.39, 0.29) is 21.9 Å². The number of para-hydroxylation sites is 1. The van der Waals surface area contributed by atoms with Crippen molar-refractivity contribution in [3.63, 3.8) is 0 Å². The van der Waals surface area contributed by atoms with Gasteiger partial charge in [-0.1, -0.05) is 18.2 Å². The van der Waals surface area contributed by atoms with E-state index in [0.717, 1.165) is 0 Å². The Morgan fingerprint density at radius 1 is 0.966 bits per heavy atom. The van der Waals surface area contributed by atoms with Crippen molar-refractivity contribution in [3.8, 4) is 11.4 Å². The van der Waals surface area contributed by atoms with Crippen LogP contribution in [0.5, 0.6) is 5.75 Å². The molecular weight excluding hydrogens is 398 g/mol. The lowest BCUT2D eigenvalue weighted by atomic mass is 10.2. The molecule has 0 atom stereocenters. The number of hydrazine groups is 1. The molecule has 0 aliphatic heterocycles. The number of carbonyl (C=O) groups is 2. The van der Waals surface area contributed by atoms with Gasteiger partial charge in [-0.25, -0.2) is 17.8 Å². The van der Waals surface area contributed by atoms with Crippen molar-refractivity contribution < 1.29 is 23.1 Å². The van der Waals surface area contributed by atoms with Gasteiger partial charge in [0.2, 0.25) is 10.0 Å². The van der Waals surface area contributed by atoms with Crippen molar-refractivity contribution in [2.45, 2.75) is 4.90 Å². The van der Waals surface area contributed by atoms with Crippen LogP contribution < -0.4 is 15.6 Å². The van der Waals surface area contributed by atoms with Crippen LogP contribution in [0.2, 0.25) is 0 Å². The molecule has 0 saturated heterocycles. The molecule has 0 unspecified atom stereocenters. The molecule has 4 N–H and O–H groups in total. The summed E-state index contributed by atoms with van der Waals surface area (Å²) in [4.78, 5) is 24.4. The minimum atomic E-state index is -3.62. The first-order valence-corrected chi connectivity index (χ1v) is 9.78. The van der Waals surface area contributed by atoms with E-state index in [2.05, 4.69) is 20.7 Å². The molecule has 0 bridgehead atoms. The third kappa shape index (κ3) is 4.42. The van der Waals surface area contributed by atoms with Crippen molar-refractivity contribution in [3.05, 3.63) is 72.1 Å². The van der Waals surface area contributed by atoms with Gasteiger partial charge in [0.1, 0.15) is 0 Å². The molecule has 10 nitrogen and oxygen atoms in total. The fourth-order valence-electron chi connectivity index (χ4n) is 2.39. The Labute approximate surface area is 166 Å². The fraction of sp³-hybridized carbons (Fsp3) is 0.0556. The molecule has 0 radical (unpaired) electrons. The average Bonchev–Trinajstić information content (AvgIpc) is 3.14. The molecule has 150 valence electrons. The number of sulfonamides is 1. The number of aromatic hydroxyl groups is 1. The summed E-state index contributed by atoms with van der Waals surface area (Å²) >= 11 is 0. The van der Waals surface area contributed by atoms with E-state index in [0.29, 0.717) is 5.69 Å². The molecule has 1 aromatic heterocycles. The zero-order valence-corrected chi connectivity index (χ0v) is 16.0. The van der Waals surface area contributed by atoms with Gasteiger partial charge in [-0.15, -0.1) is 0 Å². The molecule has 3 aromatic rings. The fourth-order valence-corrected chi connectivity index (χ4v) is 3.12. The molecule has 0 saturated carbocycles. The Morgan fingerprint density at radius 3 is 2.21 bits per heavy atom. The van der Waals surface area contributed by atoms with Gasteiger partial charge in [0.25, 0.3) is 11.8 Å². The van der Waals surface area contributed by atoms with E-state index in [1.165, 1.54) is 42.2 Å². The number of hydrogen-bond donors (Lipinski definition) is 4. The van der Waals surface area contributed by atoms with Crippen LogP contribution in [-0.2, 0) is 10.0 Å². The summed E-state index contributed by atoms with van der Waals surface area (Å²) in [5, 5.41) is 14.0. The van der Waals surface area contributed by atoms with Crippen molar-refractivity contribution in [1.82, 2.24) is 25.4 Å². The third-order valence-electron chi connectivity index (χ3n) is 3.92. The Morgan fingerprint density at radius 2 is 1.59 bits per heavy atom. The summed E-state index contributed by atoms with van der Waals surface area (Å²) in [6.07, 6.45) is 1.27. The van der Waals surface area contributed by atoms with Crippen LogP contribution in [0, 0.1) is 0 Å². The van der Waals surface area contributed by atoms with Crippen LogP contribution in [0.4, 0.5) is 0 Å². The molecule has 0 aliphatic carbocycles. The van der Waals surface area contributed by atoms with Gasteiger partial charge in [0.15, 0.2) is 11.4 Å². The summed E-state index contributed by atoms with van der Waals surface area (Å²) in [6.45, 7) is 0. The Balaban J connectivity index is 1.66. The second-order valence-electron chi connectivity index (χ2n) is 5.78. The largest absolute Gasteiger partial charge is 0.504 e. The smallest absolute Gasteiger partial charge is 0.294 e. The van der Waals surface area contributed by atoms with Crippen LogP contribution >= 0.6 is 0 Å². The zero-order chi connectivity index (χ0) is 21.0. The number of aromatic nitrogens is 2. The van der Waals surface area contributed by atoms with Gasteiger partial charge >= 0.3 is 0 Å². The first-order chi connectivity index (χ1) is 13.8. The molecule has 0 aliphatic rings. The summed E-state index contributed by atoms with van der Waals surface area (Å²) in [5.41, 5.74) is 4.83. The zero-order valence-electron chi connectivity index (χ0n) is 15.2. The van der Waals surface area contributed by atoms with Gasteiger partial charge in [0, 0.05) is 5.56 Å².